The molecule has 9 nitrogen and oxygen atoms in total. The monoisotopic (exact) mass is 415 g/mol. The zero-order valence-electron chi connectivity index (χ0n) is 14.9. The van der Waals surface area contributed by atoms with Crippen LogP contribution in [0.5, 0.6) is 0 Å². The first-order chi connectivity index (χ1) is 13.5. The van der Waals surface area contributed by atoms with Crippen molar-refractivity contribution in [3.05, 3.63) is 36.4 Å². The summed E-state index contributed by atoms with van der Waals surface area (Å²) in [4.78, 5) is 4.81. The Morgan fingerprint density at radius 3 is 2.75 bits per heavy atom. The zero-order valence-corrected chi connectivity index (χ0v) is 16.5. The van der Waals surface area contributed by atoms with E-state index in [1.807, 2.05) is 25.2 Å². The fraction of sp³-hybridized carbons (Fsp3) is 0.176. The summed E-state index contributed by atoms with van der Waals surface area (Å²) in [7, 11) is -1.68. The fourth-order valence-electron chi connectivity index (χ4n) is 2.96. The number of rotatable bonds is 6. The number of nitrogens with zero attached hydrogens (tertiary/aromatic N) is 4. The van der Waals surface area contributed by atoms with Crippen molar-refractivity contribution in [3.8, 4) is 22.5 Å². The molecule has 0 saturated heterocycles. The first-order valence-electron chi connectivity index (χ1n) is 8.42. The topological polar surface area (TPSA) is 140 Å². The minimum absolute atomic E-state index is 0.0482. The van der Waals surface area contributed by atoms with Crippen LogP contribution in [0.25, 0.3) is 32.7 Å². The molecule has 4 N–H and O–H groups in total. The number of aromatic nitrogens is 5. The van der Waals surface area contributed by atoms with Crippen LogP contribution in [0.2, 0.25) is 0 Å². The number of benzene rings is 2. The number of thiazole rings is 1. The van der Waals surface area contributed by atoms with E-state index in [2.05, 4.69) is 30.9 Å². The van der Waals surface area contributed by atoms with Crippen LogP contribution in [-0.2, 0) is 9.84 Å². The average Bonchev–Trinajstić information content (AvgIpc) is 3.36. The lowest BCUT2D eigenvalue weighted by Gasteiger charge is -2.11. The molecule has 11 heteroatoms. The molecule has 0 aliphatic carbocycles. The molecule has 0 radical (unpaired) electrons. The smallest absolute Gasteiger partial charge is 0.205 e. The van der Waals surface area contributed by atoms with Gasteiger partial charge in [0.2, 0.25) is 5.82 Å². The lowest BCUT2D eigenvalue weighted by atomic mass is 9.98. The van der Waals surface area contributed by atoms with Crippen molar-refractivity contribution in [2.45, 2.75) is 4.90 Å². The molecule has 0 fully saturated rings. The summed E-state index contributed by atoms with van der Waals surface area (Å²) in [6.45, 7) is 0.0482. The molecular weight excluding hydrogens is 398 g/mol. The Morgan fingerprint density at radius 1 is 1.18 bits per heavy atom. The third kappa shape index (κ3) is 3.23. The number of fused-ring (bicyclic) bond motifs is 1. The Labute approximate surface area is 164 Å². The molecule has 144 valence electrons. The Morgan fingerprint density at radius 2 is 2.04 bits per heavy atom. The van der Waals surface area contributed by atoms with Gasteiger partial charge in [0.1, 0.15) is 0 Å². The maximum atomic E-state index is 12.5. The summed E-state index contributed by atoms with van der Waals surface area (Å²) in [6, 6.07) is 10.8. The van der Waals surface area contributed by atoms with Crippen LogP contribution in [0, 0.1) is 0 Å². The number of hydrogen-bond donors (Lipinski definition) is 3. The van der Waals surface area contributed by atoms with E-state index >= 15 is 0 Å². The maximum Gasteiger partial charge on any atom is 0.205 e. The Hall–Kier alpha value is -2.89. The van der Waals surface area contributed by atoms with E-state index in [0.29, 0.717) is 11.4 Å². The molecule has 0 saturated carbocycles. The SMILES string of the molecule is CNc1nc2c(-c3ccc(S(=O)(=O)CCN)cc3-c3nn[nH]n3)cccc2s1. The zero-order chi connectivity index (χ0) is 19.7. The molecule has 4 aromatic rings. The molecule has 0 aliphatic rings. The maximum absolute atomic E-state index is 12.5. The van der Waals surface area contributed by atoms with Gasteiger partial charge in [-0.1, -0.05) is 29.5 Å². The van der Waals surface area contributed by atoms with E-state index in [1.165, 1.54) is 0 Å². The second-order valence-electron chi connectivity index (χ2n) is 5.97. The first-order valence-corrected chi connectivity index (χ1v) is 10.9. The van der Waals surface area contributed by atoms with E-state index < -0.39 is 9.84 Å². The number of hydrogen-bond acceptors (Lipinski definition) is 9. The van der Waals surface area contributed by atoms with E-state index in [1.54, 1.807) is 29.5 Å². The van der Waals surface area contributed by atoms with Crippen molar-refractivity contribution in [1.29, 1.82) is 0 Å². The summed E-state index contributed by atoms with van der Waals surface area (Å²) >= 11 is 1.54. The van der Waals surface area contributed by atoms with Gasteiger partial charge in [-0.15, -0.1) is 10.2 Å². The standard InChI is InChI=1S/C17H17N7O2S2/c1-19-17-20-15-12(3-2-4-14(15)27-17)11-6-5-10(28(25,26)8-7-18)9-13(11)16-21-23-24-22-16/h2-6,9H,7-8,18H2,1H3,(H,19,20)(H,21,22,23,24). The van der Waals surface area contributed by atoms with Crippen LogP contribution in [0.1, 0.15) is 0 Å². The van der Waals surface area contributed by atoms with Crippen LogP contribution in [-0.4, -0.2) is 53.4 Å². The first kappa shape index (κ1) is 18.5. The Bertz CT molecular complexity index is 1230. The molecule has 2 heterocycles. The van der Waals surface area contributed by atoms with Crippen molar-refractivity contribution in [3.63, 3.8) is 0 Å². The average molecular weight is 416 g/mol. The molecule has 0 unspecified atom stereocenters. The predicted octanol–water partition coefficient (Wildman–Crippen LogP) is 1.92. The highest BCUT2D eigenvalue weighted by atomic mass is 32.2. The van der Waals surface area contributed by atoms with Gasteiger partial charge in [0, 0.05) is 24.7 Å². The third-order valence-electron chi connectivity index (χ3n) is 4.25. The van der Waals surface area contributed by atoms with Gasteiger partial charge in [0.15, 0.2) is 15.0 Å². The number of H-pyrrole nitrogens is 1. The molecule has 0 atom stereocenters. The Kier molecular flexibility index (Phi) is 4.79. The minimum Gasteiger partial charge on any atom is -0.365 e. The number of aromatic amines is 1. The summed E-state index contributed by atoms with van der Waals surface area (Å²) in [5.41, 5.74) is 8.45. The number of tetrazole rings is 1. The van der Waals surface area contributed by atoms with Gasteiger partial charge >= 0.3 is 0 Å². The largest absolute Gasteiger partial charge is 0.365 e. The van der Waals surface area contributed by atoms with Crippen molar-refractivity contribution in [2.75, 3.05) is 24.7 Å². The number of anilines is 1. The second-order valence-corrected chi connectivity index (χ2v) is 9.11. The summed E-state index contributed by atoms with van der Waals surface area (Å²) in [5.74, 6) is 0.173. The second kappa shape index (κ2) is 7.26. The molecule has 0 spiro atoms. The predicted molar refractivity (Wildman–Crippen MR) is 109 cm³/mol. The van der Waals surface area contributed by atoms with Crippen molar-refractivity contribution < 1.29 is 8.42 Å². The van der Waals surface area contributed by atoms with Crippen LogP contribution in [0.4, 0.5) is 5.13 Å². The van der Waals surface area contributed by atoms with Gasteiger partial charge in [-0.25, -0.2) is 13.4 Å². The summed E-state index contributed by atoms with van der Waals surface area (Å²) in [6.07, 6.45) is 0. The van der Waals surface area contributed by atoms with Gasteiger partial charge in [-0.05, 0) is 29.0 Å². The number of sulfone groups is 1. The highest BCUT2D eigenvalue weighted by molar-refractivity contribution is 7.91. The molecule has 0 aliphatic heterocycles. The van der Waals surface area contributed by atoms with Gasteiger partial charge in [0.05, 0.1) is 20.9 Å². The lowest BCUT2D eigenvalue weighted by Crippen LogP contribution is -2.15. The van der Waals surface area contributed by atoms with Crippen LogP contribution >= 0.6 is 11.3 Å². The van der Waals surface area contributed by atoms with Crippen LogP contribution in [0.3, 0.4) is 0 Å². The highest BCUT2D eigenvalue weighted by Crippen LogP contribution is 2.38. The van der Waals surface area contributed by atoms with Crippen LogP contribution < -0.4 is 11.1 Å². The molecule has 2 aromatic heterocycles. The van der Waals surface area contributed by atoms with Gasteiger partial charge in [0.25, 0.3) is 0 Å². The fourth-order valence-corrected chi connectivity index (χ4v) is 4.92. The van der Waals surface area contributed by atoms with Crippen molar-refractivity contribution >= 4 is 36.5 Å². The minimum atomic E-state index is -3.50. The van der Waals surface area contributed by atoms with E-state index in [4.69, 9.17) is 5.73 Å². The van der Waals surface area contributed by atoms with E-state index in [-0.39, 0.29) is 17.2 Å². The summed E-state index contributed by atoms with van der Waals surface area (Å²) in [5, 5.41) is 18.0. The molecule has 28 heavy (non-hydrogen) atoms. The molecule has 0 amide bonds. The normalized spacial score (nSPS) is 11.8. The number of nitrogens with two attached hydrogens (primary N) is 1. The van der Waals surface area contributed by atoms with E-state index in [0.717, 1.165) is 26.5 Å². The van der Waals surface area contributed by atoms with Crippen molar-refractivity contribution in [1.82, 2.24) is 25.6 Å². The molecular formula is C17H17N7O2S2. The quantitative estimate of drug-likeness (QED) is 0.434. The number of nitrogens with one attached hydrogen (secondary N) is 2. The van der Waals surface area contributed by atoms with E-state index in [9.17, 15) is 8.42 Å². The van der Waals surface area contributed by atoms with Gasteiger partial charge in [-0.3, -0.25) is 0 Å². The lowest BCUT2D eigenvalue weighted by molar-refractivity contribution is 0.596. The van der Waals surface area contributed by atoms with Gasteiger partial charge < -0.3 is 11.1 Å². The number of para-hydroxylation sites is 1. The molecule has 4 rings (SSSR count). The highest BCUT2D eigenvalue weighted by Gasteiger charge is 2.20. The van der Waals surface area contributed by atoms with Crippen molar-refractivity contribution in [2.24, 2.45) is 5.73 Å². The van der Waals surface area contributed by atoms with Gasteiger partial charge in [-0.2, -0.15) is 5.21 Å². The molecule has 2 aromatic carbocycles. The summed E-state index contributed by atoms with van der Waals surface area (Å²) < 4.78 is 26.0. The Balaban J connectivity index is 1.96. The third-order valence-corrected chi connectivity index (χ3v) is 7.03. The molecule has 0 bridgehead atoms. The van der Waals surface area contributed by atoms with Crippen LogP contribution in [0.15, 0.2) is 41.3 Å².